The number of nitrogens with zero attached hydrogens (tertiary/aromatic N) is 1. The van der Waals surface area contributed by atoms with E-state index in [2.05, 4.69) is 5.32 Å². The van der Waals surface area contributed by atoms with E-state index >= 15 is 0 Å². The highest BCUT2D eigenvalue weighted by Crippen LogP contribution is 2.20. The highest BCUT2D eigenvalue weighted by Gasteiger charge is 2.26. The van der Waals surface area contributed by atoms with Gasteiger partial charge in [0.05, 0.1) is 0 Å². The van der Waals surface area contributed by atoms with Gasteiger partial charge in [0.15, 0.2) is 0 Å². The number of piperidine rings is 1. The van der Waals surface area contributed by atoms with Crippen LogP contribution >= 0.6 is 11.6 Å². The summed E-state index contributed by atoms with van der Waals surface area (Å²) in [4.78, 5) is 0. The van der Waals surface area contributed by atoms with Crippen LogP contribution in [0.1, 0.15) is 18.4 Å². The van der Waals surface area contributed by atoms with Crippen LogP contribution in [0.4, 0.5) is 0 Å². The maximum atomic E-state index is 12.4. The minimum Gasteiger partial charge on any atom is -0.319 e. The van der Waals surface area contributed by atoms with Crippen molar-refractivity contribution in [1.29, 1.82) is 0 Å². The molecule has 0 saturated carbocycles. The zero-order valence-corrected chi connectivity index (χ0v) is 13.7. The molecule has 0 spiro atoms. The van der Waals surface area contributed by atoms with Crippen LogP contribution in [0.3, 0.4) is 0 Å². The molecule has 1 fully saturated rings. The number of benzene rings is 1. The van der Waals surface area contributed by atoms with E-state index in [0.29, 0.717) is 24.0 Å². The molecule has 0 bridgehead atoms. The molecule has 1 aromatic carbocycles. The fourth-order valence-corrected chi connectivity index (χ4v) is 3.97. The van der Waals surface area contributed by atoms with E-state index in [1.165, 1.54) is 5.41 Å². The fraction of sp³-hybridized carbons (Fsp3) is 0.467. The molecule has 6 heteroatoms. The first-order chi connectivity index (χ1) is 10.0. The third-order valence-electron chi connectivity index (χ3n) is 3.64. The molecule has 0 amide bonds. The van der Waals surface area contributed by atoms with E-state index in [-0.39, 0.29) is 0 Å². The van der Waals surface area contributed by atoms with Crippen molar-refractivity contribution < 1.29 is 8.42 Å². The molecule has 1 saturated heterocycles. The zero-order valence-electron chi connectivity index (χ0n) is 12.1. The molecule has 4 nitrogen and oxygen atoms in total. The molecule has 1 heterocycles. The molecule has 1 unspecified atom stereocenters. The zero-order chi connectivity index (χ0) is 15.3. The van der Waals surface area contributed by atoms with Gasteiger partial charge in [-0.1, -0.05) is 23.7 Å². The lowest BCUT2D eigenvalue weighted by atomic mass is 10.00. The highest BCUT2D eigenvalue weighted by molar-refractivity contribution is 7.92. The third-order valence-corrected chi connectivity index (χ3v) is 5.42. The first kappa shape index (κ1) is 16.5. The minimum atomic E-state index is -3.35. The van der Waals surface area contributed by atoms with Crippen LogP contribution in [-0.4, -0.2) is 39.4 Å². The molecule has 0 aliphatic carbocycles. The summed E-state index contributed by atoms with van der Waals surface area (Å²) >= 11 is 5.81. The van der Waals surface area contributed by atoms with Gasteiger partial charge in [-0.3, -0.25) is 0 Å². The number of halogens is 1. The van der Waals surface area contributed by atoms with Gasteiger partial charge in [0, 0.05) is 23.5 Å². The molecule has 1 aliphatic heterocycles. The van der Waals surface area contributed by atoms with Gasteiger partial charge in [-0.2, -0.15) is 4.31 Å². The van der Waals surface area contributed by atoms with Gasteiger partial charge in [-0.05, 0) is 56.1 Å². The SMILES string of the molecule is CNCC1CCCN(S(=O)(=O)C=Cc2ccc(Cl)cc2)C1. The number of nitrogens with one attached hydrogen (secondary N) is 1. The maximum Gasteiger partial charge on any atom is 0.236 e. The Morgan fingerprint density at radius 2 is 2.10 bits per heavy atom. The van der Waals surface area contributed by atoms with Crippen molar-refractivity contribution in [3.63, 3.8) is 0 Å². The number of sulfonamides is 1. The summed E-state index contributed by atoms with van der Waals surface area (Å²) in [6, 6.07) is 7.10. The van der Waals surface area contributed by atoms with E-state index in [0.717, 1.165) is 24.9 Å². The summed E-state index contributed by atoms with van der Waals surface area (Å²) in [5.74, 6) is 0.391. The second-order valence-electron chi connectivity index (χ2n) is 5.32. The van der Waals surface area contributed by atoms with Crippen molar-refractivity contribution in [2.75, 3.05) is 26.7 Å². The van der Waals surface area contributed by atoms with Crippen LogP contribution in [0.15, 0.2) is 29.7 Å². The predicted octanol–water partition coefficient (Wildman–Crippen LogP) is 2.57. The Labute approximate surface area is 131 Å². The van der Waals surface area contributed by atoms with Crippen molar-refractivity contribution in [3.05, 3.63) is 40.3 Å². The second-order valence-corrected chi connectivity index (χ2v) is 7.58. The molecular formula is C15H21ClN2O2S. The van der Waals surface area contributed by atoms with Gasteiger partial charge >= 0.3 is 0 Å². The Morgan fingerprint density at radius 1 is 1.38 bits per heavy atom. The quantitative estimate of drug-likeness (QED) is 0.903. The van der Waals surface area contributed by atoms with Crippen molar-refractivity contribution in [2.45, 2.75) is 12.8 Å². The van der Waals surface area contributed by atoms with Crippen molar-refractivity contribution in [2.24, 2.45) is 5.92 Å². The molecule has 1 N–H and O–H groups in total. The first-order valence-corrected chi connectivity index (χ1v) is 8.98. The van der Waals surface area contributed by atoms with Crippen molar-refractivity contribution in [3.8, 4) is 0 Å². The van der Waals surface area contributed by atoms with Crippen molar-refractivity contribution >= 4 is 27.7 Å². The lowest BCUT2D eigenvalue weighted by Crippen LogP contribution is -2.41. The van der Waals surface area contributed by atoms with Gasteiger partial charge in [0.25, 0.3) is 0 Å². The Balaban J connectivity index is 2.05. The molecule has 2 rings (SSSR count). The van der Waals surface area contributed by atoms with Crippen LogP contribution in [-0.2, 0) is 10.0 Å². The molecule has 0 radical (unpaired) electrons. The Hall–Kier alpha value is -0.880. The predicted molar refractivity (Wildman–Crippen MR) is 87.6 cm³/mol. The third kappa shape index (κ3) is 4.81. The summed E-state index contributed by atoms with van der Waals surface area (Å²) in [6.07, 6.45) is 3.61. The summed E-state index contributed by atoms with van der Waals surface area (Å²) in [5, 5.41) is 5.05. The lowest BCUT2D eigenvalue weighted by Gasteiger charge is -2.30. The average Bonchev–Trinajstić information content (AvgIpc) is 2.47. The fourth-order valence-electron chi connectivity index (χ4n) is 2.54. The number of hydrogen-bond donors (Lipinski definition) is 1. The van der Waals surface area contributed by atoms with E-state index in [1.54, 1.807) is 34.6 Å². The van der Waals surface area contributed by atoms with E-state index in [4.69, 9.17) is 11.6 Å². The Bertz CT molecular complexity index is 582. The maximum absolute atomic E-state index is 12.4. The highest BCUT2D eigenvalue weighted by atomic mass is 35.5. The standard InChI is InChI=1S/C15H21ClN2O2S/c1-17-11-14-3-2-9-18(12-14)21(19,20)10-8-13-4-6-15(16)7-5-13/h4-8,10,14,17H,2-3,9,11-12H2,1H3. The topological polar surface area (TPSA) is 49.4 Å². The van der Waals surface area contributed by atoms with Gasteiger partial charge in [0.2, 0.25) is 10.0 Å². The molecule has 0 aromatic heterocycles. The summed E-state index contributed by atoms with van der Waals surface area (Å²) in [5.41, 5.74) is 0.826. The van der Waals surface area contributed by atoms with Crippen LogP contribution in [0.5, 0.6) is 0 Å². The smallest absolute Gasteiger partial charge is 0.236 e. The van der Waals surface area contributed by atoms with E-state index < -0.39 is 10.0 Å². The number of hydrogen-bond acceptors (Lipinski definition) is 3. The summed E-state index contributed by atoms with van der Waals surface area (Å²) in [7, 11) is -1.45. The normalized spacial score (nSPS) is 21.0. The number of rotatable bonds is 5. The van der Waals surface area contributed by atoms with Gasteiger partial charge < -0.3 is 5.32 Å². The molecular weight excluding hydrogens is 308 g/mol. The van der Waals surface area contributed by atoms with Crippen LogP contribution < -0.4 is 5.32 Å². The molecule has 1 aliphatic rings. The minimum absolute atomic E-state index is 0.391. The lowest BCUT2D eigenvalue weighted by molar-refractivity contribution is 0.265. The largest absolute Gasteiger partial charge is 0.319 e. The molecule has 1 aromatic rings. The first-order valence-electron chi connectivity index (χ1n) is 7.09. The van der Waals surface area contributed by atoms with Gasteiger partial charge in [-0.25, -0.2) is 8.42 Å². The van der Waals surface area contributed by atoms with Crippen molar-refractivity contribution in [1.82, 2.24) is 9.62 Å². The van der Waals surface area contributed by atoms with Crippen LogP contribution in [0.25, 0.3) is 6.08 Å². The second kappa shape index (κ2) is 7.40. The van der Waals surface area contributed by atoms with E-state index in [9.17, 15) is 8.42 Å². The Kier molecular flexibility index (Phi) is 5.81. The summed E-state index contributed by atoms with van der Waals surface area (Å²) < 4.78 is 26.3. The molecule has 116 valence electrons. The summed E-state index contributed by atoms with van der Waals surface area (Å²) in [6.45, 7) is 2.05. The van der Waals surface area contributed by atoms with Crippen LogP contribution in [0.2, 0.25) is 5.02 Å². The van der Waals surface area contributed by atoms with Crippen LogP contribution in [0, 0.1) is 5.92 Å². The Morgan fingerprint density at radius 3 is 2.76 bits per heavy atom. The van der Waals surface area contributed by atoms with Gasteiger partial charge in [-0.15, -0.1) is 0 Å². The molecule has 1 atom stereocenters. The molecule has 21 heavy (non-hydrogen) atoms. The average molecular weight is 329 g/mol. The van der Waals surface area contributed by atoms with E-state index in [1.807, 2.05) is 7.05 Å². The van der Waals surface area contributed by atoms with Gasteiger partial charge in [0.1, 0.15) is 0 Å². The monoisotopic (exact) mass is 328 g/mol.